The molecule has 0 aromatic carbocycles. The van der Waals surface area contributed by atoms with Gasteiger partial charge in [0.1, 0.15) is 0 Å². The summed E-state index contributed by atoms with van der Waals surface area (Å²) in [5.41, 5.74) is 0.489. The van der Waals surface area contributed by atoms with Crippen molar-refractivity contribution >= 4 is 5.97 Å². The number of aliphatic carboxylic acids is 1. The average Bonchev–Trinajstić information content (AvgIpc) is 2.16. The predicted molar refractivity (Wildman–Crippen MR) is 57.1 cm³/mol. The second kappa shape index (κ2) is 5.18. The number of hydrogen-bond donors (Lipinski definition) is 1. The Morgan fingerprint density at radius 1 is 1.36 bits per heavy atom. The molecule has 0 atom stereocenters. The number of carboxylic acids is 1. The highest BCUT2D eigenvalue weighted by Crippen LogP contribution is 2.30. The first-order valence-electron chi connectivity index (χ1n) is 5.49. The van der Waals surface area contributed by atoms with Crippen molar-refractivity contribution in [2.45, 2.75) is 46.0 Å². The molecule has 0 spiro atoms. The molecule has 0 heterocycles. The van der Waals surface area contributed by atoms with Crippen LogP contribution >= 0.6 is 0 Å². The van der Waals surface area contributed by atoms with Gasteiger partial charge in [0.25, 0.3) is 0 Å². The summed E-state index contributed by atoms with van der Waals surface area (Å²) in [6, 6.07) is 0. The van der Waals surface area contributed by atoms with Gasteiger partial charge >= 0.3 is 5.97 Å². The molecule has 2 nitrogen and oxygen atoms in total. The molecular formula is C12H20O2. The molecule has 2 heteroatoms. The van der Waals surface area contributed by atoms with Crippen LogP contribution in [0.2, 0.25) is 0 Å². The minimum atomic E-state index is -0.783. The summed E-state index contributed by atoms with van der Waals surface area (Å²) in [5.74, 6) is 0.811. The van der Waals surface area contributed by atoms with Gasteiger partial charge in [-0.25, -0.2) is 4.79 Å². The summed E-state index contributed by atoms with van der Waals surface area (Å²) in [6.07, 6.45) is 7.98. The van der Waals surface area contributed by atoms with Crippen LogP contribution in [-0.4, -0.2) is 11.1 Å². The van der Waals surface area contributed by atoms with E-state index in [2.05, 4.69) is 6.92 Å². The number of allylic oxidation sites excluding steroid dienone is 1. The lowest BCUT2D eigenvalue weighted by molar-refractivity contribution is -0.132. The molecule has 1 fully saturated rings. The molecule has 0 aromatic rings. The van der Waals surface area contributed by atoms with E-state index < -0.39 is 5.97 Å². The molecule has 0 bridgehead atoms. The Kier molecular flexibility index (Phi) is 4.18. The van der Waals surface area contributed by atoms with Crippen molar-refractivity contribution in [3.63, 3.8) is 0 Å². The fourth-order valence-electron chi connectivity index (χ4n) is 2.00. The number of carboxylic acid groups (broad SMARTS) is 1. The number of hydrogen-bond acceptors (Lipinski definition) is 1. The van der Waals surface area contributed by atoms with Crippen molar-refractivity contribution in [1.29, 1.82) is 0 Å². The van der Waals surface area contributed by atoms with E-state index in [0.717, 1.165) is 18.3 Å². The third kappa shape index (κ3) is 3.52. The van der Waals surface area contributed by atoms with Crippen LogP contribution < -0.4 is 0 Å². The van der Waals surface area contributed by atoms with Crippen LogP contribution in [0.3, 0.4) is 0 Å². The first kappa shape index (κ1) is 11.3. The molecule has 0 saturated heterocycles. The molecule has 0 unspecified atom stereocenters. The quantitative estimate of drug-likeness (QED) is 0.703. The highest BCUT2D eigenvalue weighted by molar-refractivity contribution is 5.85. The maximum atomic E-state index is 10.6. The van der Waals surface area contributed by atoms with E-state index in [1.165, 1.54) is 25.7 Å². The standard InChI is InChI=1S/C12H20O2/c1-9-3-6-11(7-4-9)8-5-10(2)12(13)14/h5,9,11H,3-4,6-8H2,1-2H3,(H,13,14). The normalized spacial score (nSPS) is 28.9. The SMILES string of the molecule is CC(=CCC1CCC(C)CC1)C(=O)O. The van der Waals surface area contributed by atoms with E-state index in [1.54, 1.807) is 6.92 Å². The third-order valence-corrected chi connectivity index (χ3v) is 3.23. The van der Waals surface area contributed by atoms with E-state index in [0.29, 0.717) is 5.57 Å². The monoisotopic (exact) mass is 196 g/mol. The molecule has 1 saturated carbocycles. The van der Waals surface area contributed by atoms with Crippen LogP contribution in [0.4, 0.5) is 0 Å². The molecule has 80 valence electrons. The van der Waals surface area contributed by atoms with Gasteiger partial charge in [-0.2, -0.15) is 0 Å². The van der Waals surface area contributed by atoms with E-state index in [-0.39, 0.29) is 0 Å². The molecule has 1 aliphatic rings. The minimum absolute atomic E-state index is 0.489. The fraction of sp³-hybridized carbons (Fsp3) is 0.750. The molecule has 14 heavy (non-hydrogen) atoms. The Hall–Kier alpha value is -0.790. The average molecular weight is 196 g/mol. The Morgan fingerprint density at radius 2 is 1.93 bits per heavy atom. The van der Waals surface area contributed by atoms with Gasteiger partial charge in [0.05, 0.1) is 0 Å². The lowest BCUT2D eigenvalue weighted by Crippen LogP contribution is -2.11. The minimum Gasteiger partial charge on any atom is -0.478 e. The zero-order valence-corrected chi connectivity index (χ0v) is 9.12. The van der Waals surface area contributed by atoms with E-state index in [9.17, 15) is 4.79 Å². The first-order chi connectivity index (χ1) is 6.59. The van der Waals surface area contributed by atoms with Crippen molar-refractivity contribution in [1.82, 2.24) is 0 Å². The Morgan fingerprint density at radius 3 is 2.43 bits per heavy atom. The molecule has 0 radical (unpaired) electrons. The molecule has 0 aliphatic heterocycles. The van der Waals surface area contributed by atoms with Crippen LogP contribution in [0, 0.1) is 11.8 Å². The van der Waals surface area contributed by atoms with Gasteiger partial charge in [-0.3, -0.25) is 0 Å². The molecule has 0 amide bonds. The Balaban J connectivity index is 2.32. The van der Waals surface area contributed by atoms with Crippen LogP contribution in [0.15, 0.2) is 11.6 Å². The molecular weight excluding hydrogens is 176 g/mol. The van der Waals surface area contributed by atoms with Gasteiger partial charge in [-0.1, -0.05) is 25.8 Å². The summed E-state index contributed by atoms with van der Waals surface area (Å²) >= 11 is 0. The number of rotatable bonds is 3. The highest BCUT2D eigenvalue weighted by atomic mass is 16.4. The Bertz CT molecular complexity index is 222. The summed E-state index contributed by atoms with van der Waals surface area (Å²) in [7, 11) is 0. The summed E-state index contributed by atoms with van der Waals surface area (Å²) in [6.45, 7) is 3.97. The third-order valence-electron chi connectivity index (χ3n) is 3.23. The zero-order chi connectivity index (χ0) is 10.6. The van der Waals surface area contributed by atoms with E-state index in [1.807, 2.05) is 6.08 Å². The van der Waals surface area contributed by atoms with Gasteiger partial charge in [0.2, 0.25) is 0 Å². The van der Waals surface area contributed by atoms with E-state index in [4.69, 9.17) is 5.11 Å². The zero-order valence-electron chi connectivity index (χ0n) is 9.12. The fourth-order valence-corrected chi connectivity index (χ4v) is 2.00. The van der Waals surface area contributed by atoms with Gasteiger partial charge in [-0.15, -0.1) is 0 Å². The summed E-state index contributed by atoms with van der Waals surface area (Å²) in [4.78, 5) is 10.6. The smallest absolute Gasteiger partial charge is 0.330 e. The van der Waals surface area contributed by atoms with Crippen molar-refractivity contribution < 1.29 is 9.90 Å². The Labute approximate surface area is 86.0 Å². The molecule has 0 aromatic heterocycles. The van der Waals surface area contributed by atoms with Crippen molar-refractivity contribution in [3.8, 4) is 0 Å². The summed E-state index contributed by atoms with van der Waals surface area (Å²) < 4.78 is 0. The highest BCUT2D eigenvalue weighted by Gasteiger charge is 2.17. The first-order valence-corrected chi connectivity index (χ1v) is 5.49. The molecule has 1 aliphatic carbocycles. The van der Waals surface area contributed by atoms with Crippen LogP contribution in [0.5, 0.6) is 0 Å². The molecule has 1 rings (SSSR count). The maximum Gasteiger partial charge on any atom is 0.330 e. The van der Waals surface area contributed by atoms with E-state index >= 15 is 0 Å². The van der Waals surface area contributed by atoms with Crippen molar-refractivity contribution in [2.75, 3.05) is 0 Å². The van der Waals surface area contributed by atoms with Gasteiger partial charge < -0.3 is 5.11 Å². The van der Waals surface area contributed by atoms with Gasteiger partial charge in [0.15, 0.2) is 0 Å². The van der Waals surface area contributed by atoms with Crippen LogP contribution in [0.1, 0.15) is 46.0 Å². The van der Waals surface area contributed by atoms with Crippen molar-refractivity contribution in [2.24, 2.45) is 11.8 Å². The van der Waals surface area contributed by atoms with Crippen molar-refractivity contribution in [3.05, 3.63) is 11.6 Å². The number of carbonyl (C=O) groups is 1. The van der Waals surface area contributed by atoms with Gasteiger partial charge in [0, 0.05) is 5.57 Å². The maximum absolute atomic E-state index is 10.6. The summed E-state index contributed by atoms with van der Waals surface area (Å²) in [5, 5.41) is 8.69. The van der Waals surface area contributed by atoms with Crippen LogP contribution in [0.25, 0.3) is 0 Å². The van der Waals surface area contributed by atoms with Gasteiger partial charge in [-0.05, 0) is 38.0 Å². The second-order valence-corrected chi connectivity index (χ2v) is 4.55. The molecule has 1 N–H and O–H groups in total. The predicted octanol–water partition coefficient (Wildman–Crippen LogP) is 3.23. The lowest BCUT2D eigenvalue weighted by Gasteiger charge is -2.25. The van der Waals surface area contributed by atoms with Crippen LogP contribution in [-0.2, 0) is 4.79 Å². The second-order valence-electron chi connectivity index (χ2n) is 4.55. The topological polar surface area (TPSA) is 37.3 Å². The largest absolute Gasteiger partial charge is 0.478 e. The lowest BCUT2D eigenvalue weighted by atomic mass is 9.81.